The molecule has 2 fully saturated rings. The van der Waals surface area contributed by atoms with E-state index in [1.807, 2.05) is 0 Å². The van der Waals surface area contributed by atoms with Gasteiger partial charge in [-0.2, -0.15) is 4.31 Å². The zero-order chi connectivity index (χ0) is 19.1. The molecule has 1 aromatic rings. The highest BCUT2D eigenvalue weighted by Crippen LogP contribution is 2.34. The molecule has 144 valence electrons. The minimum absolute atomic E-state index is 0.0653. The maximum absolute atomic E-state index is 12.9. The zero-order valence-electron chi connectivity index (χ0n) is 15.0. The molecule has 1 N–H and O–H groups in total. The summed E-state index contributed by atoms with van der Waals surface area (Å²) in [6, 6.07) is 0. The van der Waals surface area contributed by atoms with E-state index in [4.69, 9.17) is 4.42 Å². The summed E-state index contributed by atoms with van der Waals surface area (Å²) in [4.78, 5) is 25.1. The Morgan fingerprint density at radius 3 is 2.27 bits per heavy atom. The number of carbonyl (C=O) groups is 2. The summed E-state index contributed by atoms with van der Waals surface area (Å²) in [5.41, 5.74) is -0.314. The van der Waals surface area contributed by atoms with Gasteiger partial charge in [-0.1, -0.05) is 12.8 Å². The highest BCUT2D eigenvalue weighted by atomic mass is 32.2. The molecule has 0 atom stereocenters. The van der Waals surface area contributed by atoms with E-state index in [0.717, 1.165) is 6.42 Å². The molecule has 2 heterocycles. The van der Waals surface area contributed by atoms with E-state index in [2.05, 4.69) is 0 Å². The second-order valence-electron chi connectivity index (χ2n) is 6.99. The van der Waals surface area contributed by atoms with E-state index in [-0.39, 0.29) is 41.0 Å². The second-order valence-corrected chi connectivity index (χ2v) is 8.87. The van der Waals surface area contributed by atoms with E-state index in [9.17, 15) is 23.1 Å². The number of nitrogens with zero attached hydrogens (tertiary/aromatic N) is 2. The number of piperazine rings is 1. The van der Waals surface area contributed by atoms with E-state index < -0.39 is 16.0 Å². The quantitative estimate of drug-likeness (QED) is 0.798. The van der Waals surface area contributed by atoms with Crippen LogP contribution >= 0.6 is 0 Å². The number of aromatic carboxylic acids is 1. The topological polar surface area (TPSA) is 108 Å². The van der Waals surface area contributed by atoms with Gasteiger partial charge in [0.2, 0.25) is 15.9 Å². The summed E-state index contributed by atoms with van der Waals surface area (Å²) in [5, 5.41) is 9.35. The minimum atomic E-state index is -3.99. The number of carboxylic acid groups (broad SMARTS) is 1. The lowest BCUT2D eigenvalue weighted by Gasteiger charge is -2.34. The highest BCUT2D eigenvalue weighted by Gasteiger charge is 2.37. The molecule has 0 radical (unpaired) electrons. The number of hydrogen-bond acceptors (Lipinski definition) is 5. The van der Waals surface area contributed by atoms with E-state index in [1.54, 1.807) is 4.90 Å². The lowest BCUT2D eigenvalue weighted by Crippen LogP contribution is -2.50. The first-order valence-corrected chi connectivity index (χ1v) is 10.3. The van der Waals surface area contributed by atoms with Gasteiger partial charge < -0.3 is 14.4 Å². The molecule has 9 heteroatoms. The molecule has 1 aromatic heterocycles. The average molecular weight is 384 g/mol. The molecular weight excluding hydrogens is 360 g/mol. The van der Waals surface area contributed by atoms with Crippen molar-refractivity contribution >= 4 is 21.9 Å². The van der Waals surface area contributed by atoms with Crippen LogP contribution in [0.15, 0.2) is 9.31 Å². The van der Waals surface area contributed by atoms with Crippen molar-refractivity contribution in [3.8, 4) is 0 Å². The number of furan rings is 1. The molecule has 1 aliphatic heterocycles. The summed E-state index contributed by atoms with van der Waals surface area (Å²) < 4.78 is 32.4. The predicted molar refractivity (Wildman–Crippen MR) is 92.4 cm³/mol. The van der Waals surface area contributed by atoms with Gasteiger partial charge in [-0.25, -0.2) is 13.2 Å². The fraction of sp³-hybridized carbons (Fsp3) is 0.647. The summed E-state index contributed by atoms with van der Waals surface area (Å²) in [6.07, 6.45) is 3.83. The molecule has 26 heavy (non-hydrogen) atoms. The van der Waals surface area contributed by atoms with Gasteiger partial charge in [-0.15, -0.1) is 0 Å². The molecule has 1 saturated heterocycles. The molecule has 3 rings (SSSR count). The van der Waals surface area contributed by atoms with Crippen molar-refractivity contribution < 1.29 is 27.5 Å². The van der Waals surface area contributed by atoms with Gasteiger partial charge in [-0.05, 0) is 26.2 Å². The van der Waals surface area contributed by atoms with E-state index >= 15 is 0 Å². The Balaban J connectivity index is 1.70. The molecule has 0 bridgehead atoms. The van der Waals surface area contributed by atoms with Crippen molar-refractivity contribution in [3.05, 3.63) is 17.1 Å². The van der Waals surface area contributed by atoms with Crippen LogP contribution in [0.4, 0.5) is 0 Å². The molecular formula is C17H24N2O6S. The molecule has 1 aliphatic carbocycles. The number of carboxylic acids is 1. The van der Waals surface area contributed by atoms with Crippen molar-refractivity contribution in [2.75, 3.05) is 26.2 Å². The molecule has 1 amide bonds. The normalized spacial score (nSPS) is 18.9. The number of hydrogen-bond donors (Lipinski definition) is 1. The maximum atomic E-state index is 12.9. The van der Waals surface area contributed by atoms with Crippen LogP contribution in [0.1, 0.15) is 47.6 Å². The molecule has 1 saturated carbocycles. The number of rotatable bonds is 6. The van der Waals surface area contributed by atoms with Crippen LogP contribution in [0, 0.1) is 19.8 Å². The Morgan fingerprint density at radius 2 is 1.73 bits per heavy atom. The second kappa shape index (κ2) is 7.03. The Hall–Kier alpha value is -1.87. The Labute approximate surface area is 152 Å². The van der Waals surface area contributed by atoms with Gasteiger partial charge in [-0.3, -0.25) is 4.79 Å². The van der Waals surface area contributed by atoms with Crippen LogP contribution in [0.25, 0.3) is 0 Å². The largest absolute Gasteiger partial charge is 0.478 e. The number of sulfonamides is 1. The van der Waals surface area contributed by atoms with Crippen LogP contribution in [0.2, 0.25) is 0 Å². The molecule has 0 aromatic carbocycles. The Kier molecular flexibility index (Phi) is 5.12. The van der Waals surface area contributed by atoms with E-state index in [1.165, 1.54) is 31.0 Å². The van der Waals surface area contributed by atoms with Gasteiger partial charge in [0.15, 0.2) is 0 Å². The van der Waals surface area contributed by atoms with Crippen molar-refractivity contribution in [3.63, 3.8) is 0 Å². The van der Waals surface area contributed by atoms with Crippen LogP contribution in [0.3, 0.4) is 0 Å². The van der Waals surface area contributed by atoms with Crippen molar-refractivity contribution in [2.45, 2.75) is 44.4 Å². The van der Waals surface area contributed by atoms with Gasteiger partial charge in [0.1, 0.15) is 22.0 Å². The minimum Gasteiger partial charge on any atom is -0.478 e. The van der Waals surface area contributed by atoms with Crippen LogP contribution < -0.4 is 0 Å². The maximum Gasteiger partial charge on any atom is 0.340 e. The monoisotopic (exact) mass is 384 g/mol. The summed E-state index contributed by atoms with van der Waals surface area (Å²) >= 11 is 0. The standard InChI is InChI=1S/C17H24N2O6S/c1-11-15(17(21)22)16(12(2)25-11)26(23,24)19-9-7-18(8-10-19)14(20)6-5-13-3-4-13/h13H,3-10H2,1-2H3,(H,21,22). The molecule has 2 aliphatic rings. The first-order chi connectivity index (χ1) is 12.2. The summed E-state index contributed by atoms with van der Waals surface area (Å²) in [7, 11) is -3.99. The summed E-state index contributed by atoms with van der Waals surface area (Å²) in [6.45, 7) is 3.83. The zero-order valence-corrected chi connectivity index (χ0v) is 15.8. The van der Waals surface area contributed by atoms with E-state index in [0.29, 0.717) is 25.4 Å². The van der Waals surface area contributed by atoms with Crippen molar-refractivity contribution in [1.29, 1.82) is 0 Å². The Bertz CT molecular complexity index is 817. The lowest BCUT2D eigenvalue weighted by atomic mass is 10.2. The first-order valence-electron chi connectivity index (χ1n) is 8.83. The number of aryl methyl sites for hydroxylation is 2. The SMILES string of the molecule is Cc1oc(C)c(S(=O)(=O)N2CCN(C(=O)CCC3CC3)CC2)c1C(=O)O. The third-order valence-corrected chi connectivity index (χ3v) is 7.12. The van der Waals surface area contributed by atoms with Crippen molar-refractivity contribution in [1.82, 2.24) is 9.21 Å². The number of carbonyl (C=O) groups excluding carboxylic acids is 1. The van der Waals surface area contributed by atoms with Crippen LogP contribution in [-0.4, -0.2) is 60.8 Å². The first kappa shape index (κ1) is 18.9. The van der Waals surface area contributed by atoms with Gasteiger partial charge in [0, 0.05) is 32.6 Å². The fourth-order valence-corrected chi connectivity index (χ4v) is 5.22. The third kappa shape index (κ3) is 3.64. The van der Waals surface area contributed by atoms with Crippen LogP contribution in [-0.2, 0) is 14.8 Å². The van der Waals surface area contributed by atoms with Gasteiger partial charge in [0.25, 0.3) is 0 Å². The predicted octanol–water partition coefficient (Wildman–Crippen LogP) is 1.62. The smallest absolute Gasteiger partial charge is 0.340 e. The van der Waals surface area contributed by atoms with Crippen molar-refractivity contribution in [2.24, 2.45) is 5.92 Å². The molecule has 0 spiro atoms. The highest BCUT2D eigenvalue weighted by molar-refractivity contribution is 7.89. The number of amides is 1. The molecule has 8 nitrogen and oxygen atoms in total. The average Bonchev–Trinajstić information content (AvgIpc) is 3.35. The van der Waals surface area contributed by atoms with Gasteiger partial charge >= 0.3 is 5.97 Å². The summed E-state index contributed by atoms with van der Waals surface area (Å²) in [5.74, 6) is -0.435. The van der Waals surface area contributed by atoms with Gasteiger partial charge in [0.05, 0.1) is 0 Å². The molecule has 0 unspecified atom stereocenters. The fourth-order valence-electron chi connectivity index (χ4n) is 3.42. The van der Waals surface area contributed by atoms with Crippen LogP contribution in [0.5, 0.6) is 0 Å². The Morgan fingerprint density at radius 1 is 1.12 bits per heavy atom. The lowest BCUT2D eigenvalue weighted by molar-refractivity contribution is -0.132. The third-order valence-electron chi connectivity index (χ3n) is 5.07.